The molecule has 1 aromatic carbocycles. The van der Waals surface area contributed by atoms with Crippen molar-refractivity contribution in [2.24, 2.45) is 0 Å². The van der Waals surface area contributed by atoms with Crippen molar-refractivity contribution in [2.75, 3.05) is 0 Å². The molecular weight excluding hydrogens is 217 g/mol. The topological polar surface area (TPSA) is 33.1 Å². The van der Waals surface area contributed by atoms with Gasteiger partial charge in [0.05, 0.1) is 0 Å². The van der Waals surface area contributed by atoms with E-state index in [9.17, 15) is 9.50 Å². The van der Waals surface area contributed by atoms with Gasteiger partial charge in [0, 0.05) is 18.0 Å². The number of nitrogens with zero attached hydrogens (tertiary/aromatic N) is 1. The van der Waals surface area contributed by atoms with Crippen molar-refractivity contribution in [2.45, 2.75) is 20.0 Å². The molecule has 17 heavy (non-hydrogen) atoms. The number of pyridine rings is 1. The molecule has 2 nitrogen and oxygen atoms in total. The summed E-state index contributed by atoms with van der Waals surface area (Å²) in [5.74, 6) is -0.304. The molecule has 0 spiro atoms. The van der Waals surface area contributed by atoms with Crippen molar-refractivity contribution >= 4 is 0 Å². The van der Waals surface area contributed by atoms with Crippen molar-refractivity contribution in [3.8, 4) is 0 Å². The summed E-state index contributed by atoms with van der Waals surface area (Å²) in [5.41, 5.74) is 2.76. The van der Waals surface area contributed by atoms with E-state index < -0.39 is 6.10 Å². The third-order valence-electron chi connectivity index (χ3n) is 2.72. The van der Waals surface area contributed by atoms with Gasteiger partial charge in [-0.3, -0.25) is 4.98 Å². The Balaban J connectivity index is 2.36. The Morgan fingerprint density at radius 2 is 1.88 bits per heavy atom. The first-order valence-corrected chi connectivity index (χ1v) is 5.43. The molecule has 3 heteroatoms. The van der Waals surface area contributed by atoms with E-state index in [0.717, 1.165) is 5.56 Å². The van der Waals surface area contributed by atoms with Crippen molar-refractivity contribution in [1.29, 1.82) is 0 Å². The lowest BCUT2D eigenvalue weighted by molar-refractivity contribution is 0.219. The van der Waals surface area contributed by atoms with Crippen LogP contribution in [0.25, 0.3) is 0 Å². The number of benzene rings is 1. The fourth-order valence-corrected chi connectivity index (χ4v) is 1.70. The summed E-state index contributed by atoms with van der Waals surface area (Å²) in [6.07, 6.45) is 2.47. The highest BCUT2D eigenvalue weighted by Gasteiger charge is 2.12. The first-order chi connectivity index (χ1) is 8.08. The lowest BCUT2D eigenvalue weighted by Gasteiger charge is -2.12. The molecule has 0 aliphatic heterocycles. The molecule has 2 rings (SSSR count). The van der Waals surface area contributed by atoms with E-state index in [2.05, 4.69) is 4.98 Å². The van der Waals surface area contributed by atoms with Gasteiger partial charge >= 0.3 is 0 Å². The average molecular weight is 231 g/mol. The van der Waals surface area contributed by atoms with E-state index in [1.54, 1.807) is 31.5 Å². The van der Waals surface area contributed by atoms with Gasteiger partial charge in [-0.2, -0.15) is 0 Å². The molecular formula is C14H14FNO. The van der Waals surface area contributed by atoms with Crippen LogP contribution >= 0.6 is 0 Å². The second-order valence-electron chi connectivity index (χ2n) is 4.21. The molecule has 88 valence electrons. The summed E-state index contributed by atoms with van der Waals surface area (Å²) < 4.78 is 13.4. The van der Waals surface area contributed by atoms with Gasteiger partial charge in [-0.1, -0.05) is 18.2 Å². The molecule has 1 unspecified atom stereocenters. The molecule has 0 saturated heterocycles. The number of rotatable bonds is 2. The van der Waals surface area contributed by atoms with Gasteiger partial charge in [0.2, 0.25) is 0 Å². The number of hydrogen-bond acceptors (Lipinski definition) is 2. The van der Waals surface area contributed by atoms with Crippen LogP contribution in [0.15, 0.2) is 36.7 Å². The summed E-state index contributed by atoms with van der Waals surface area (Å²) in [7, 11) is 0. The largest absolute Gasteiger partial charge is 0.384 e. The van der Waals surface area contributed by atoms with Gasteiger partial charge in [0.1, 0.15) is 11.9 Å². The van der Waals surface area contributed by atoms with Gasteiger partial charge in [-0.25, -0.2) is 4.39 Å². The van der Waals surface area contributed by atoms with Gasteiger partial charge in [-0.05, 0) is 36.6 Å². The third kappa shape index (κ3) is 2.50. The minimum atomic E-state index is -0.836. The molecule has 0 aliphatic rings. The maximum absolute atomic E-state index is 13.4. The summed E-state index contributed by atoms with van der Waals surface area (Å²) in [6, 6.07) is 6.60. The number of aliphatic hydroxyl groups is 1. The molecule has 1 atom stereocenters. The molecule has 0 amide bonds. The molecule has 0 bridgehead atoms. The Kier molecular flexibility index (Phi) is 3.20. The SMILES string of the molecule is Cc1cncc(C(O)c2ccc(C)c(F)c2)c1. The van der Waals surface area contributed by atoms with Crippen LogP contribution in [0.3, 0.4) is 0 Å². The van der Waals surface area contributed by atoms with Crippen LogP contribution < -0.4 is 0 Å². The molecule has 0 aliphatic carbocycles. The average Bonchev–Trinajstić information content (AvgIpc) is 2.32. The smallest absolute Gasteiger partial charge is 0.126 e. The van der Waals surface area contributed by atoms with Crippen molar-refractivity contribution < 1.29 is 9.50 Å². The summed E-state index contributed by atoms with van der Waals surface area (Å²) in [5, 5.41) is 10.1. The van der Waals surface area contributed by atoms with Crippen molar-refractivity contribution in [1.82, 2.24) is 4.98 Å². The highest BCUT2D eigenvalue weighted by atomic mass is 19.1. The first kappa shape index (κ1) is 11.7. The Morgan fingerprint density at radius 1 is 1.12 bits per heavy atom. The van der Waals surface area contributed by atoms with Crippen LogP contribution in [0.4, 0.5) is 4.39 Å². The maximum atomic E-state index is 13.4. The second-order valence-corrected chi connectivity index (χ2v) is 4.21. The molecule has 0 saturated carbocycles. The zero-order valence-electron chi connectivity index (χ0n) is 9.81. The molecule has 0 fully saturated rings. The summed E-state index contributed by atoms with van der Waals surface area (Å²) >= 11 is 0. The van der Waals surface area contributed by atoms with Crippen LogP contribution in [-0.2, 0) is 0 Å². The lowest BCUT2D eigenvalue weighted by Crippen LogP contribution is -2.01. The summed E-state index contributed by atoms with van der Waals surface area (Å²) in [6.45, 7) is 3.60. The quantitative estimate of drug-likeness (QED) is 0.862. The van der Waals surface area contributed by atoms with Crippen LogP contribution in [0.5, 0.6) is 0 Å². The minimum Gasteiger partial charge on any atom is -0.384 e. The lowest BCUT2D eigenvalue weighted by atomic mass is 10.0. The van der Waals surface area contributed by atoms with Gasteiger partial charge in [-0.15, -0.1) is 0 Å². The molecule has 1 N–H and O–H groups in total. The zero-order valence-corrected chi connectivity index (χ0v) is 9.81. The van der Waals surface area contributed by atoms with Gasteiger partial charge < -0.3 is 5.11 Å². The monoisotopic (exact) mass is 231 g/mol. The Hall–Kier alpha value is -1.74. The Morgan fingerprint density at radius 3 is 2.53 bits per heavy atom. The number of aryl methyl sites for hydroxylation is 2. The molecule has 1 aromatic heterocycles. The second kappa shape index (κ2) is 4.63. The number of aromatic nitrogens is 1. The van der Waals surface area contributed by atoms with Crippen molar-refractivity contribution in [3.63, 3.8) is 0 Å². The van der Waals surface area contributed by atoms with Crippen LogP contribution in [0.2, 0.25) is 0 Å². The number of aliphatic hydroxyl groups excluding tert-OH is 1. The van der Waals surface area contributed by atoms with E-state index in [1.807, 2.05) is 13.0 Å². The van der Waals surface area contributed by atoms with Crippen molar-refractivity contribution in [3.05, 3.63) is 64.7 Å². The number of halogens is 1. The zero-order chi connectivity index (χ0) is 12.4. The maximum Gasteiger partial charge on any atom is 0.126 e. The fraction of sp³-hybridized carbons (Fsp3) is 0.214. The highest BCUT2D eigenvalue weighted by molar-refractivity contribution is 5.32. The molecule has 0 radical (unpaired) electrons. The Labute approximate surface area is 99.8 Å². The standard InChI is InChI=1S/C14H14FNO/c1-9-5-12(8-16-7-9)14(17)11-4-3-10(2)13(15)6-11/h3-8,14,17H,1-2H3. The van der Waals surface area contributed by atoms with E-state index in [-0.39, 0.29) is 5.82 Å². The molecule has 2 aromatic rings. The van der Waals surface area contributed by atoms with E-state index in [0.29, 0.717) is 16.7 Å². The minimum absolute atomic E-state index is 0.304. The summed E-state index contributed by atoms with van der Waals surface area (Å²) in [4.78, 5) is 4.02. The fourth-order valence-electron chi connectivity index (χ4n) is 1.70. The molecule has 1 heterocycles. The third-order valence-corrected chi connectivity index (χ3v) is 2.72. The first-order valence-electron chi connectivity index (χ1n) is 5.43. The normalized spacial score (nSPS) is 12.5. The van der Waals surface area contributed by atoms with Crippen LogP contribution in [0.1, 0.15) is 28.4 Å². The predicted molar refractivity (Wildman–Crippen MR) is 64.2 cm³/mol. The predicted octanol–water partition coefficient (Wildman–Crippen LogP) is 2.92. The van der Waals surface area contributed by atoms with Crippen LogP contribution in [0, 0.1) is 19.7 Å². The van der Waals surface area contributed by atoms with E-state index in [1.165, 1.54) is 6.07 Å². The van der Waals surface area contributed by atoms with E-state index >= 15 is 0 Å². The number of hydrogen-bond donors (Lipinski definition) is 1. The van der Waals surface area contributed by atoms with Gasteiger partial charge in [0.15, 0.2) is 0 Å². The van der Waals surface area contributed by atoms with Gasteiger partial charge in [0.25, 0.3) is 0 Å². The highest BCUT2D eigenvalue weighted by Crippen LogP contribution is 2.23. The van der Waals surface area contributed by atoms with E-state index in [4.69, 9.17) is 0 Å². The Bertz CT molecular complexity index is 539. The van der Waals surface area contributed by atoms with Crippen LogP contribution in [-0.4, -0.2) is 10.1 Å².